The molecule has 0 spiro atoms. The molecule has 0 radical (unpaired) electrons. The maximum Gasteiger partial charge on any atom is 0.387 e. The van der Waals surface area contributed by atoms with E-state index in [1.165, 1.54) is 0 Å². The molecule has 1 N–H and O–H groups in total. The zero-order valence-corrected chi connectivity index (χ0v) is 9.59. The summed E-state index contributed by atoms with van der Waals surface area (Å²) in [5, 5.41) is 3.17. The summed E-state index contributed by atoms with van der Waals surface area (Å²) in [5.41, 5.74) is 1.81. The normalized spacial score (nSPS) is 10.8. The molecule has 1 aromatic carbocycles. The van der Waals surface area contributed by atoms with Crippen LogP contribution in [0.15, 0.2) is 18.2 Å². The Morgan fingerprint density at radius 1 is 1.38 bits per heavy atom. The highest BCUT2D eigenvalue weighted by atomic mass is 19.3. The maximum absolute atomic E-state index is 12.1. The number of rotatable bonds is 6. The van der Waals surface area contributed by atoms with Crippen LogP contribution in [0.25, 0.3) is 0 Å². The highest BCUT2D eigenvalue weighted by Crippen LogP contribution is 2.21. The Bertz CT molecular complexity index is 329. The van der Waals surface area contributed by atoms with Gasteiger partial charge in [0.05, 0.1) is 0 Å². The van der Waals surface area contributed by atoms with Crippen molar-refractivity contribution >= 4 is 0 Å². The smallest absolute Gasteiger partial charge is 0.387 e. The number of benzene rings is 1. The molecule has 0 heterocycles. The minimum absolute atomic E-state index is 0.254. The van der Waals surface area contributed by atoms with E-state index in [-0.39, 0.29) is 5.75 Å². The Kier molecular flexibility index (Phi) is 5.19. The van der Waals surface area contributed by atoms with Crippen LogP contribution in [-0.2, 0) is 6.54 Å². The molecule has 0 amide bonds. The second-order valence-corrected chi connectivity index (χ2v) is 3.67. The van der Waals surface area contributed by atoms with Gasteiger partial charge in [0.25, 0.3) is 0 Å². The summed E-state index contributed by atoms with van der Waals surface area (Å²) in [4.78, 5) is 0. The second-order valence-electron chi connectivity index (χ2n) is 3.67. The van der Waals surface area contributed by atoms with E-state index in [4.69, 9.17) is 0 Å². The molecule has 0 aromatic heterocycles. The number of halogens is 2. The lowest BCUT2D eigenvalue weighted by atomic mass is 10.1. The van der Waals surface area contributed by atoms with Gasteiger partial charge >= 0.3 is 6.61 Å². The summed E-state index contributed by atoms with van der Waals surface area (Å²) >= 11 is 0. The van der Waals surface area contributed by atoms with Crippen molar-refractivity contribution in [2.45, 2.75) is 33.4 Å². The van der Waals surface area contributed by atoms with Crippen LogP contribution in [0, 0.1) is 6.92 Å². The summed E-state index contributed by atoms with van der Waals surface area (Å²) < 4.78 is 28.8. The molecule has 0 aliphatic rings. The van der Waals surface area contributed by atoms with Crippen LogP contribution in [0.4, 0.5) is 8.78 Å². The van der Waals surface area contributed by atoms with Crippen LogP contribution in [0.3, 0.4) is 0 Å². The minimum atomic E-state index is -2.77. The highest BCUT2D eigenvalue weighted by molar-refractivity contribution is 5.36. The van der Waals surface area contributed by atoms with Gasteiger partial charge in [-0.1, -0.05) is 24.6 Å². The fourth-order valence-electron chi connectivity index (χ4n) is 1.46. The first kappa shape index (κ1) is 12.9. The first-order valence-electron chi connectivity index (χ1n) is 5.38. The lowest BCUT2D eigenvalue weighted by Gasteiger charge is -2.12. The molecule has 0 saturated carbocycles. The van der Waals surface area contributed by atoms with Crippen molar-refractivity contribution in [2.24, 2.45) is 0 Å². The molecule has 0 aliphatic heterocycles. The number of hydrogen-bond donors (Lipinski definition) is 1. The topological polar surface area (TPSA) is 21.3 Å². The van der Waals surface area contributed by atoms with Crippen molar-refractivity contribution < 1.29 is 13.5 Å². The second kappa shape index (κ2) is 6.43. The molecule has 0 fully saturated rings. The molecule has 4 heteroatoms. The van der Waals surface area contributed by atoms with Crippen LogP contribution in [0.5, 0.6) is 5.75 Å². The highest BCUT2D eigenvalue weighted by Gasteiger charge is 2.09. The van der Waals surface area contributed by atoms with Crippen molar-refractivity contribution in [1.29, 1.82) is 0 Å². The van der Waals surface area contributed by atoms with Crippen LogP contribution < -0.4 is 10.1 Å². The van der Waals surface area contributed by atoms with Crippen molar-refractivity contribution in [1.82, 2.24) is 5.32 Å². The van der Waals surface area contributed by atoms with Gasteiger partial charge in [-0.25, -0.2) is 0 Å². The average Bonchev–Trinajstić information content (AvgIpc) is 2.22. The Morgan fingerprint density at radius 2 is 2.12 bits per heavy atom. The zero-order valence-electron chi connectivity index (χ0n) is 9.59. The number of nitrogens with one attached hydrogen (secondary N) is 1. The van der Waals surface area contributed by atoms with Gasteiger partial charge in [-0.05, 0) is 26.0 Å². The van der Waals surface area contributed by atoms with E-state index in [2.05, 4.69) is 17.0 Å². The fraction of sp³-hybridized carbons (Fsp3) is 0.500. The SMILES string of the molecule is CCCNCc1cc(C)ccc1OC(F)F. The van der Waals surface area contributed by atoms with E-state index in [9.17, 15) is 8.78 Å². The average molecular weight is 229 g/mol. The molecule has 0 unspecified atom stereocenters. The van der Waals surface area contributed by atoms with Gasteiger partial charge in [0.15, 0.2) is 0 Å². The molecule has 0 atom stereocenters. The molecule has 1 rings (SSSR count). The van der Waals surface area contributed by atoms with Crippen molar-refractivity contribution in [3.63, 3.8) is 0 Å². The molecule has 1 aromatic rings. The molecule has 0 aliphatic carbocycles. The molecular weight excluding hydrogens is 212 g/mol. The maximum atomic E-state index is 12.1. The molecule has 0 saturated heterocycles. The zero-order chi connectivity index (χ0) is 12.0. The quantitative estimate of drug-likeness (QED) is 0.757. The molecule has 2 nitrogen and oxygen atoms in total. The molecule has 16 heavy (non-hydrogen) atoms. The Balaban J connectivity index is 2.73. The standard InChI is InChI=1S/C12H17F2NO/c1-3-6-15-8-10-7-9(2)4-5-11(10)16-12(13)14/h4-5,7,12,15H,3,6,8H2,1-2H3. The number of alkyl halides is 2. The van der Waals surface area contributed by atoms with Crippen molar-refractivity contribution in [3.05, 3.63) is 29.3 Å². The lowest BCUT2D eigenvalue weighted by molar-refractivity contribution is -0.0505. The monoisotopic (exact) mass is 229 g/mol. The van der Waals surface area contributed by atoms with Gasteiger partial charge in [0, 0.05) is 12.1 Å². The van der Waals surface area contributed by atoms with E-state index in [0.29, 0.717) is 6.54 Å². The third-order valence-corrected chi connectivity index (χ3v) is 2.17. The van der Waals surface area contributed by atoms with Crippen molar-refractivity contribution in [3.8, 4) is 5.75 Å². The molecular formula is C12H17F2NO. The first-order valence-corrected chi connectivity index (χ1v) is 5.38. The van der Waals surface area contributed by atoms with Gasteiger partial charge in [0.1, 0.15) is 5.75 Å². The fourth-order valence-corrected chi connectivity index (χ4v) is 1.46. The Morgan fingerprint density at radius 3 is 2.75 bits per heavy atom. The van der Waals surface area contributed by atoms with E-state index >= 15 is 0 Å². The molecule has 90 valence electrons. The summed E-state index contributed by atoms with van der Waals surface area (Å²) in [5.74, 6) is 0.254. The summed E-state index contributed by atoms with van der Waals surface area (Å²) in [6, 6.07) is 5.21. The van der Waals surface area contributed by atoms with E-state index in [0.717, 1.165) is 24.1 Å². The summed E-state index contributed by atoms with van der Waals surface area (Å²) in [6.07, 6.45) is 1.01. The van der Waals surface area contributed by atoms with Crippen LogP contribution in [0.1, 0.15) is 24.5 Å². The van der Waals surface area contributed by atoms with Crippen LogP contribution in [0.2, 0.25) is 0 Å². The van der Waals surface area contributed by atoms with Crippen molar-refractivity contribution in [2.75, 3.05) is 6.54 Å². The predicted octanol–water partition coefficient (Wildman–Crippen LogP) is 3.10. The lowest BCUT2D eigenvalue weighted by Crippen LogP contribution is -2.15. The Labute approximate surface area is 94.6 Å². The summed E-state index contributed by atoms with van der Waals surface area (Å²) in [7, 11) is 0. The van der Waals surface area contributed by atoms with Gasteiger partial charge < -0.3 is 10.1 Å². The van der Waals surface area contributed by atoms with Gasteiger partial charge in [-0.2, -0.15) is 8.78 Å². The van der Waals surface area contributed by atoms with E-state index in [1.54, 1.807) is 12.1 Å². The third kappa shape index (κ3) is 4.14. The summed E-state index contributed by atoms with van der Waals surface area (Å²) in [6.45, 7) is 2.63. The first-order chi connectivity index (χ1) is 7.63. The third-order valence-electron chi connectivity index (χ3n) is 2.17. The minimum Gasteiger partial charge on any atom is -0.434 e. The van der Waals surface area contributed by atoms with E-state index in [1.807, 2.05) is 13.0 Å². The largest absolute Gasteiger partial charge is 0.434 e. The van der Waals surface area contributed by atoms with Gasteiger partial charge in [0.2, 0.25) is 0 Å². The van der Waals surface area contributed by atoms with Crippen LogP contribution >= 0.6 is 0 Å². The number of hydrogen-bond acceptors (Lipinski definition) is 2. The number of ether oxygens (including phenoxy) is 1. The molecule has 0 bridgehead atoms. The number of aryl methyl sites for hydroxylation is 1. The van der Waals surface area contributed by atoms with Gasteiger partial charge in [-0.15, -0.1) is 0 Å². The van der Waals surface area contributed by atoms with Crippen LogP contribution in [-0.4, -0.2) is 13.2 Å². The van der Waals surface area contributed by atoms with E-state index < -0.39 is 6.61 Å². The van der Waals surface area contributed by atoms with Gasteiger partial charge in [-0.3, -0.25) is 0 Å². The Hall–Kier alpha value is -1.16. The predicted molar refractivity (Wildman–Crippen MR) is 59.8 cm³/mol.